The Morgan fingerprint density at radius 2 is 2.31 bits per heavy atom. The number of aromatic nitrogens is 2. The maximum absolute atomic E-state index is 5.89. The number of halogens is 1. The summed E-state index contributed by atoms with van der Waals surface area (Å²) in [7, 11) is 0. The van der Waals surface area contributed by atoms with E-state index in [0.717, 1.165) is 16.5 Å². The van der Waals surface area contributed by atoms with Gasteiger partial charge >= 0.3 is 0 Å². The maximum Gasteiger partial charge on any atom is 0.137 e. The van der Waals surface area contributed by atoms with E-state index in [-0.39, 0.29) is 0 Å². The molecule has 2 rings (SSSR count). The first kappa shape index (κ1) is 8.20. The SMILES string of the molecule is C=Cc1cc2ccncc2nc1Cl. The molecule has 0 radical (unpaired) electrons. The van der Waals surface area contributed by atoms with Gasteiger partial charge in [0.05, 0.1) is 11.7 Å². The Kier molecular flexibility index (Phi) is 1.99. The van der Waals surface area contributed by atoms with Crippen LogP contribution in [-0.4, -0.2) is 9.97 Å². The fourth-order valence-corrected chi connectivity index (χ4v) is 1.38. The molecular weight excluding hydrogens is 184 g/mol. The zero-order chi connectivity index (χ0) is 9.26. The van der Waals surface area contributed by atoms with Gasteiger partial charge in [0.2, 0.25) is 0 Å². The van der Waals surface area contributed by atoms with E-state index in [1.807, 2.05) is 12.1 Å². The standard InChI is InChI=1S/C10H7ClN2/c1-2-7-5-8-3-4-12-6-9(8)13-10(7)11/h2-6H,1H2. The van der Waals surface area contributed by atoms with Crippen LogP contribution in [0.1, 0.15) is 5.56 Å². The van der Waals surface area contributed by atoms with Gasteiger partial charge in [0.25, 0.3) is 0 Å². The molecule has 2 nitrogen and oxygen atoms in total. The van der Waals surface area contributed by atoms with Crippen molar-refractivity contribution in [3.8, 4) is 0 Å². The summed E-state index contributed by atoms with van der Waals surface area (Å²) < 4.78 is 0. The van der Waals surface area contributed by atoms with E-state index in [1.54, 1.807) is 18.5 Å². The summed E-state index contributed by atoms with van der Waals surface area (Å²) in [6, 6.07) is 3.84. The third-order valence-corrected chi connectivity index (χ3v) is 2.12. The molecule has 2 heterocycles. The van der Waals surface area contributed by atoms with E-state index >= 15 is 0 Å². The molecule has 13 heavy (non-hydrogen) atoms. The summed E-state index contributed by atoms with van der Waals surface area (Å²) >= 11 is 5.89. The molecule has 0 aromatic carbocycles. The van der Waals surface area contributed by atoms with Crippen molar-refractivity contribution < 1.29 is 0 Å². The van der Waals surface area contributed by atoms with Gasteiger partial charge in [0.1, 0.15) is 5.15 Å². The topological polar surface area (TPSA) is 25.8 Å². The maximum atomic E-state index is 5.89. The molecule has 0 saturated carbocycles. The Hall–Kier alpha value is -1.41. The van der Waals surface area contributed by atoms with Gasteiger partial charge < -0.3 is 0 Å². The van der Waals surface area contributed by atoms with Crippen molar-refractivity contribution in [3.05, 3.63) is 41.8 Å². The largest absolute Gasteiger partial charge is 0.262 e. The highest BCUT2D eigenvalue weighted by atomic mass is 35.5. The van der Waals surface area contributed by atoms with Gasteiger partial charge in [-0.1, -0.05) is 24.3 Å². The Morgan fingerprint density at radius 3 is 3.08 bits per heavy atom. The van der Waals surface area contributed by atoms with E-state index < -0.39 is 0 Å². The lowest BCUT2D eigenvalue weighted by molar-refractivity contribution is 1.31. The van der Waals surface area contributed by atoms with E-state index in [9.17, 15) is 0 Å². The number of pyridine rings is 2. The lowest BCUT2D eigenvalue weighted by atomic mass is 10.2. The third-order valence-electron chi connectivity index (χ3n) is 1.82. The smallest absolute Gasteiger partial charge is 0.137 e. The van der Waals surface area contributed by atoms with Gasteiger partial charge in [-0.15, -0.1) is 0 Å². The normalized spacial score (nSPS) is 10.2. The average Bonchev–Trinajstić information content (AvgIpc) is 2.17. The molecule has 0 unspecified atom stereocenters. The number of rotatable bonds is 1. The van der Waals surface area contributed by atoms with Gasteiger partial charge in [-0.05, 0) is 12.1 Å². The molecule has 0 atom stereocenters. The van der Waals surface area contributed by atoms with Crippen LogP contribution in [0.4, 0.5) is 0 Å². The lowest BCUT2D eigenvalue weighted by Gasteiger charge is -2.00. The fraction of sp³-hybridized carbons (Fsp3) is 0. The molecule has 2 aromatic rings. The highest BCUT2D eigenvalue weighted by Gasteiger charge is 2.00. The van der Waals surface area contributed by atoms with Gasteiger partial charge in [-0.25, -0.2) is 4.98 Å². The molecule has 0 amide bonds. The molecule has 0 bridgehead atoms. The Labute approximate surface area is 80.9 Å². The van der Waals surface area contributed by atoms with Gasteiger partial charge in [-0.3, -0.25) is 4.98 Å². The van der Waals surface area contributed by atoms with Crippen LogP contribution in [0.15, 0.2) is 31.1 Å². The zero-order valence-corrected chi connectivity index (χ0v) is 7.62. The minimum atomic E-state index is 0.468. The molecule has 0 saturated heterocycles. The van der Waals surface area contributed by atoms with Crippen LogP contribution in [0.3, 0.4) is 0 Å². The predicted molar refractivity (Wildman–Crippen MR) is 54.6 cm³/mol. The molecule has 0 aliphatic rings. The number of hydrogen-bond acceptors (Lipinski definition) is 2. The van der Waals surface area contributed by atoms with Crippen molar-refractivity contribution in [2.75, 3.05) is 0 Å². The Bertz CT molecular complexity index is 465. The van der Waals surface area contributed by atoms with Crippen LogP contribution in [-0.2, 0) is 0 Å². The van der Waals surface area contributed by atoms with Crippen molar-refractivity contribution in [3.63, 3.8) is 0 Å². The second kappa shape index (κ2) is 3.15. The van der Waals surface area contributed by atoms with Crippen LogP contribution >= 0.6 is 11.6 Å². The van der Waals surface area contributed by atoms with Gasteiger partial charge in [0.15, 0.2) is 0 Å². The molecule has 0 aliphatic carbocycles. The Balaban J connectivity index is 2.81. The van der Waals surface area contributed by atoms with Crippen LogP contribution in [0, 0.1) is 0 Å². The second-order valence-corrected chi connectivity index (χ2v) is 3.00. The summed E-state index contributed by atoms with van der Waals surface area (Å²) in [5.74, 6) is 0. The first-order valence-corrected chi connectivity index (χ1v) is 4.22. The van der Waals surface area contributed by atoms with Crippen LogP contribution in [0.25, 0.3) is 17.0 Å². The molecular formula is C10H7ClN2. The average molecular weight is 191 g/mol. The molecule has 64 valence electrons. The zero-order valence-electron chi connectivity index (χ0n) is 6.87. The molecule has 2 aromatic heterocycles. The van der Waals surface area contributed by atoms with E-state index in [1.165, 1.54) is 0 Å². The van der Waals surface area contributed by atoms with Gasteiger partial charge in [0, 0.05) is 17.1 Å². The van der Waals surface area contributed by atoms with E-state index in [4.69, 9.17) is 11.6 Å². The molecule has 3 heteroatoms. The molecule has 0 fully saturated rings. The van der Waals surface area contributed by atoms with Crippen molar-refractivity contribution in [1.29, 1.82) is 0 Å². The van der Waals surface area contributed by atoms with E-state index in [2.05, 4.69) is 16.5 Å². The van der Waals surface area contributed by atoms with Crippen molar-refractivity contribution in [2.24, 2.45) is 0 Å². The first-order chi connectivity index (χ1) is 6.31. The lowest BCUT2D eigenvalue weighted by Crippen LogP contribution is -1.84. The Morgan fingerprint density at radius 1 is 1.46 bits per heavy atom. The number of nitrogens with zero attached hydrogens (tertiary/aromatic N) is 2. The summed E-state index contributed by atoms with van der Waals surface area (Å²) in [5.41, 5.74) is 1.65. The monoisotopic (exact) mass is 190 g/mol. The summed E-state index contributed by atoms with van der Waals surface area (Å²) in [5, 5.41) is 1.49. The predicted octanol–water partition coefficient (Wildman–Crippen LogP) is 2.93. The number of hydrogen-bond donors (Lipinski definition) is 0. The molecule has 0 aliphatic heterocycles. The highest BCUT2D eigenvalue weighted by molar-refractivity contribution is 6.31. The summed E-state index contributed by atoms with van der Waals surface area (Å²) in [6.07, 6.45) is 5.11. The van der Waals surface area contributed by atoms with Crippen molar-refractivity contribution in [2.45, 2.75) is 0 Å². The minimum Gasteiger partial charge on any atom is -0.262 e. The van der Waals surface area contributed by atoms with E-state index in [0.29, 0.717) is 5.15 Å². The molecule has 0 N–H and O–H groups in total. The van der Waals surface area contributed by atoms with Crippen LogP contribution in [0.5, 0.6) is 0 Å². The summed E-state index contributed by atoms with van der Waals surface area (Å²) in [6.45, 7) is 3.66. The third kappa shape index (κ3) is 1.40. The summed E-state index contributed by atoms with van der Waals surface area (Å²) in [4.78, 5) is 8.14. The van der Waals surface area contributed by atoms with Crippen molar-refractivity contribution in [1.82, 2.24) is 9.97 Å². The fourth-order valence-electron chi connectivity index (χ4n) is 1.15. The van der Waals surface area contributed by atoms with Crippen LogP contribution in [0.2, 0.25) is 5.15 Å². The van der Waals surface area contributed by atoms with Crippen LogP contribution < -0.4 is 0 Å². The quantitative estimate of drug-likeness (QED) is 0.647. The first-order valence-electron chi connectivity index (χ1n) is 3.84. The number of fused-ring (bicyclic) bond motifs is 1. The minimum absolute atomic E-state index is 0.468. The second-order valence-electron chi connectivity index (χ2n) is 2.64. The van der Waals surface area contributed by atoms with Gasteiger partial charge in [-0.2, -0.15) is 0 Å². The van der Waals surface area contributed by atoms with Crippen molar-refractivity contribution >= 4 is 28.6 Å². The highest BCUT2D eigenvalue weighted by Crippen LogP contribution is 2.20. The molecule has 0 spiro atoms.